The molecule has 2 aromatic carbocycles. The van der Waals surface area contributed by atoms with E-state index in [-0.39, 0.29) is 16.5 Å². The SMILES string of the molecule is CCCCOc1ccc(C(=O)NC(=S)N2CCN(c3ccc([N+](=O)[O-])c(N4CCOCC4)c3)CC2)cc1. The van der Waals surface area contributed by atoms with Gasteiger partial charge >= 0.3 is 0 Å². The zero-order chi connectivity index (χ0) is 26.2. The summed E-state index contributed by atoms with van der Waals surface area (Å²) in [5, 5.41) is 14.8. The number of carbonyl (C=O) groups is 1. The molecule has 10 nitrogen and oxygen atoms in total. The van der Waals surface area contributed by atoms with Crippen LogP contribution in [0.2, 0.25) is 0 Å². The average Bonchev–Trinajstić information content (AvgIpc) is 2.93. The number of nitrogens with zero attached hydrogens (tertiary/aromatic N) is 4. The van der Waals surface area contributed by atoms with E-state index in [9.17, 15) is 14.9 Å². The third-order valence-electron chi connectivity index (χ3n) is 6.54. The number of ether oxygens (including phenoxy) is 2. The lowest BCUT2D eigenvalue weighted by Crippen LogP contribution is -2.52. The number of unbranched alkanes of at least 4 members (excludes halogenated alkanes) is 1. The maximum Gasteiger partial charge on any atom is 0.292 e. The molecule has 0 unspecified atom stereocenters. The summed E-state index contributed by atoms with van der Waals surface area (Å²) in [5.41, 5.74) is 2.18. The molecule has 0 radical (unpaired) electrons. The molecule has 2 aromatic rings. The van der Waals surface area contributed by atoms with Crippen LogP contribution < -0.4 is 19.9 Å². The zero-order valence-corrected chi connectivity index (χ0v) is 21.9. The molecule has 198 valence electrons. The van der Waals surface area contributed by atoms with E-state index in [4.69, 9.17) is 21.7 Å². The van der Waals surface area contributed by atoms with E-state index in [1.54, 1.807) is 36.4 Å². The molecule has 4 rings (SSSR count). The summed E-state index contributed by atoms with van der Waals surface area (Å²) in [5.74, 6) is 0.491. The van der Waals surface area contributed by atoms with Crippen LogP contribution in [-0.2, 0) is 4.74 Å². The topological polar surface area (TPSA) is 100 Å². The summed E-state index contributed by atoms with van der Waals surface area (Å²) >= 11 is 5.51. The van der Waals surface area contributed by atoms with E-state index in [2.05, 4.69) is 17.1 Å². The molecule has 11 heteroatoms. The summed E-state index contributed by atoms with van der Waals surface area (Å²) in [7, 11) is 0. The molecule has 1 amide bonds. The summed E-state index contributed by atoms with van der Waals surface area (Å²) in [6.45, 7) is 7.76. The van der Waals surface area contributed by atoms with Crippen LogP contribution in [0.1, 0.15) is 30.1 Å². The normalized spacial score (nSPS) is 15.9. The van der Waals surface area contributed by atoms with Gasteiger partial charge in [0, 0.05) is 56.6 Å². The first-order chi connectivity index (χ1) is 18.0. The summed E-state index contributed by atoms with van der Waals surface area (Å²) < 4.78 is 11.1. The van der Waals surface area contributed by atoms with E-state index in [0.29, 0.717) is 75.5 Å². The molecule has 2 aliphatic heterocycles. The molecular weight excluding hydrogens is 494 g/mol. The first-order valence-electron chi connectivity index (χ1n) is 12.7. The van der Waals surface area contributed by atoms with Crippen molar-refractivity contribution in [2.24, 2.45) is 0 Å². The monoisotopic (exact) mass is 527 g/mol. The van der Waals surface area contributed by atoms with Gasteiger partial charge in [0.25, 0.3) is 11.6 Å². The first kappa shape index (κ1) is 26.6. The number of thiocarbonyl (C=S) groups is 1. The van der Waals surface area contributed by atoms with Crippen LogP contribution in [-0.4, -0.2) is 79.9 Å². The molecule has 2 saturated heterocycles. The Hall–Kier alpha value is -3.44. The number of rotatable bonds is 8. The van der Waals surface area contributed by atoms with Crippen LogP contribution >= 0.6 is 12.2 Å². The van der Waals surface area contributed by atoms with Gasteiger partial charge in [-0.25, -0.2) is 0 Å². The van der Waals surface area contributed by atoms with Crippen molar-refractivity contribution in [2.75, 3.05) is 68.9 Å². The van der Waals surface area contributed by atoms with Crippen LogP contribution in [0.15, 0.2) is 42.5 Å². The number of hydrogen-bond donors (Lipinski definition) is 1. The molecule has 1 N–H and O–H groups in total. The van der Waals surface area contributed by atoms with Crippen LogP contribution in [0.25, 0.3) is 0 Å². The minimum absolute atomic E-state index is 0.105. The summed E-state index contributed by atoms with van der Waals surface area (Å²) in [6.07, 6.45) is 2.05. The van der Waals surface area contributed by atoms with Crippen molar-refractivity contribution in [2.45, 2.75) is 19.8 Å². The Morgan fingerprint density at radius 3 is 2.41 bits per heavy atom. The molecule has 2 fully saturated rings. The highest BCUT2D eigenvalue weighted by Crippen LogP contribution is 2.33. The largest absolute Gasteiger partial charge is 0.494 e. The Kier molecular flexibility index (Phi) is 9.13. The lowest BCUT2D eigenvalue weighted by Gasteiger charge is -2.37. The number of morpholine rings is 1. The van der Waals surface area contributed by atoms with Gasteiger partial charge in [-0.2, -0.15) is 0 Å². The van der Waals surface area contributed by atoms with Gasteiger partial charge in [0.2, 0.25) is 0 Å². The summed E-state index contributed by atoms with van der Waals surface area (Å²) in [6, 6.07) is 12.3. The summed E-state index contributed by atoms with van der Waals surface area (Å²) in [4.78, 5) is 30.1. The highest BCUT2D eigenvalue weighted by molar-refractivity contribution is 7.80. The number of nitro groups is 1. The Morgan fingerprint density at radius 1 is 1.05 bits per heavy atom. The number of nitro benzene ring substituents is 1. The van der Waals surface area contributed by atoms with Crippen LogP contribution in [0.4, 0.5) is 17.1 Å². The number of hydrogen-bond acceptors (Lipinski definition) is 8. The van der Waals surface area contributed by atoms with E-state index in [1.807, 2.05) is 15.9 Å². The van der Waals surface area contributed by atoms with Gasteiger partial charge in [0.1, 0.15) is 11.4 Å². The fraction of sp³-hybridized carbons (Fsp3) is 0.462. The highest BCUT2D eigenvalue weighted by Gasteiger charge is 2.25. The van der Waals surface area contributed by atoms with Crippen molar-refractivity contribution >= 4 is 40.3 Å². The predicted octanol–water partition coefficient (Wildman–Crippen LogP) is 3.45. The lowest BCUT2D eigenvalue weighted by atomic mass is 10.1. The fourth-order valence-corrected chi connectivity index (χ4v) is 4.65. The van der Waals surface area contributed by atoms with Crippen molar-refractivity contribution in [3.8, 4) is 5.75 Å². The molecular formula is C26H33N5O5S. The minimum Gasteiger partial charge on any atom is -0.494 e. The lowest BCUT2D eigenvalue weighted by molar-refractivity contribution is -0.384. The Morgan fingerprint density at radius 2 is 1.76 bits per heavy atom. The fourth-order valence-electron chi connectivity index (χ4n) is 4.37. The number of benzene rings is 2. The molecule has 2 heterocycles. The van der Waals surface area contributed by atoms with Gasteiger partial charge in [-0.05, 0) is 55.0 Å². The molecule has 0 bridgehead atoms. The molecule has 37 heavy (non-hydrogen) atoms. The molecule has 2 aliphatic rings. The van der Waals surface area contributed by atoms with Crippen molar-refractivity contribution in [1.82, 2.24) is 10.2 Å². The zero-order valence-electron chi connectivity index (χ0n) is 21.1. The smallest absolute Gasteiger partial charge is 0.292 e. The molecule has 0 aliphatic carbocycles. The van der Waals surface area contributed by atoms with Crippen LogP contribution in [0, 0.1) is 10.1 Å². The molecule has 0 spiro atoms. The van der Waals surface area contributed by atoms with E-state index < -0.39 is 0 Å². The second-order valence-electron chi connectivity index (χ2n) is 8.99. The van der Waals surface area contributed by atoms with E-state index >= 15 is 0 Å². The molecule has 0 atom stereocenters. The van der Waals surface area contributed by atoms with Gasteiger partial charge in [-0.3, -0.25) is 20.2 Å². The van der Waals surface area contributed by atoms with Crippen molar-refractivity contribution < 1.29 is 19.2 Å². The standard InChI is InChI=1S/C26H33N5O5S/c1-2-3-16-36-22-7-4-20(5-8-22)25(32)27-26(37)30-12-10-28(11-13-30)21-6-9-23(31(33)34)24(19-21)29-14-17-35-18-15-29/h4-9,19H,2-3,10-18H2,1H3,(H,27,32,37). The third kappa shape index (κ3) is 6.86. The van der Waals surface area contributed by atoms with Gasteiger partial charge in [-0.15, -0.1) is 0 Å². The maximum atomic E-state index is 12.7. The highest BCUT2D eigenvalue weighted by atomic mass is 32.1. The Balaban J connectivity index is 1.32. The number of anilines is 2. The van der Waals surface area contributed by atoms with Crippen LogP contribution in [0.5, 0.6) is 5.75 Å². The molecule has 0 saturated carbocycles. The third-order valence-corrected chi connectivity index (χ3v) is 6.90. The van der Waals surface area contributed by atoms with E-state index in [0.717, 1.165) is 24.3 Å². The van der Waals surface area contributed by atoms with Gasteiger partial charge in [0.15, 0.2) is 5.11 Å². The van der Waals surface area contributed by atoms with Gasteiger partial charge in [0.05, 0.1) is 24.7 Å². The Labute approximate surface area is 222 Å². The maximum absolute atomic E-state index is 12.7. The van der Waals surface area contributed by atoms with E-state index in [1.165, 1.54) is 0 Å². The second kappa shape index (κ2) is 12.7. The van der Waals surface area contributed by atoms with Crippen LogP contribution in [0.3, 0.4) is 0 Å². The number of carbonyl (C=O) groups excluding carboxylic acids is 1. The predicted molar refractivity (Wildman–Crippen MR) is 147 cm³/mol. The average molecular weight is 528 g/mol. The quantitative estimate of drug-likeness (QED) is 0.239. The van der Waals surface area contributed by atoms with Crippen molar-refractivity contribution in [3.05, 3.63) is 58.1 Å². The minimum atomic E-state index is -0.333. The first-order valence-corrected chi connectivity index (χ1v) is 13.1. The Bertz CT molecular complexity index is 1100. The second-order valence-corrected chi connectivity index (χ2v) is 9.38. The van der Waals surface area contributed by atoms with Crippen molar-refractivity contribution in [1.29, 1.82) is 0 Å². The number of piperazine rings is 1. The van der Waals surface area contributed by atoms with Crippen molar-refractivity contribution in [3.63, 3.8) is 0 Å². The molecule has 0 aromatic heterocycles. The number of amides is 1. The van der Waals surface area contributed by atoms with Gasteiger partial charge in [-0.1, -0.05) is 13.3 Å². The number of nitrogens with one attached hydrogen (secondary N) is 1. The van der Waals surface area contributed by atoms with Gasteiger partial charge < -0.3 is 24.2 Å².